The quantitative estimate of drug-likeness (QED) is 0.774. The minimum Gasteiger partial charge on any atom is -0.497 e. The van der Waals surface area contributed by atoms with Crippen LogP contribution in [0.1, 0.15) is 0 Å². The lowest BCUT2D eigenvalue weighted by molar-refractivity contribution is 0.395. The first-order valence-electron chi connectivity index (χ1n) is 6.34. The summed E-state index contributed by atoms with van der Waals surface area (Å²) in [5, 5.41) is 15.7. The number of fused-ring (bicyclic) bond motifs is 1. The van der Waals surface area contributed by atoms with E-state index in [2.05, 4.69) is 20.6 Å². The number of ether oxygens (including phenoxy) is 2. The third kappa shape index (κ3) is 2.25. The summed E-state index contributed by atoms with van der Waals surface area (Å²) < 4.78 is 11.7. The Morgan fingerprint density at radius 2 is 2.05 bits per heavy atom. The Morgan fingerprint density at radius 1 is 1.23 bits per heavy atom. The van der Waals surface area contributed by atoms with Crippen LogP contribution >= 0.6 is 11.3 Å². The summed E-state index contributed by atoms with van der Waals surface area (Å²) in [6.45, 7) is 0. The predicted molar refractivity (Wildman–Crippen MR) is 83.0 cm³/mol. The number of anilines is 1. The Morgan fingerprint density at radius 3 is 2.73 bits per heavy atom. The molecule has 0 saturated heterocycles. The van der Waals surface area contributed by atoms with Gasteiger partial charge in [0.2, 0.25) is 10.1 Å². The topological polar surface area (TPSA) is 90.6 Å². The van der Waals surface area contributed by atoms with E-state index in [1.807, 2.05) is 0 Å². The van der Waals surface area contributed by atoms with Crippen LogP contribution in [0.25, 0.3) is 16.2 Å². The Kier molecular flexibility index (Phi) is 3.63. The molecule has 0 bridgehead atoms. The summed E-state index contributed by atoms with van der Waals surface area (Å²) >= 11 is 1.25. The van der Waals surface area contributed by atoms with Crippen molar-refractivity contribution in [3.63, 3.8) is 0 Å². The van der Waals surface area contributed by atoms with Gasteiger partial charge in [-0.1, -0.05) is 11.3 Å². The third-order valence-corrected chi connectivity index (χ3v) is 3.98. The average Bonchev–Trinajstić information content (AvgIpc) is 2.99. The van der Waals surface area contributed by atoms with E-state index in [0.717, 1.165) is 0 Å². The van der Waals surface area contributed by atoms with Crippen molar-refractivity contribution >= 4 is 21.4 Å². The molecule has 0 unspecified atom stereocenters. The second-order valence-corrected chi connectivity index (χ2v) is 5.23. The maximum absolute atomic E-state index is 12.6. The highest BCUT2D eigenvalue weighted by Gasteiger charge is 2.17. The molecular weight excluding hydrogens is 306 g/mol. The molecule has 0 aliphatic heterocycles. The molecular formula is C13H13N5O3S. The molecule has 9 heteroatoms. The molecule has 2 heterocycles. The van der Waals surface area contributed by atoms with Crippen molar-refractivity contribution in [1.29, 1.82) is 0 Å². The molecule has 2 aromatic heterocycles. The van der Waals surface area contributed by atoms with Crippen LogP contribution < -0.4 is 20.3 Å². The number of rotatable bonds is 4. The predicted octanol–water partition coefficient (Wildman–Crippen LogP) is 1.27. The van der Waals surface area contributed by atoms with Crippen molar-refractivity contribution in [3.05, 3.63) is 28.6 Å². The van der Waals surface area contributed by atoms with Gasteiger partial charge in [0.25, 0.3) is 0 Å². The largest absolute Gasteiger partial charge is 0.497 e. The molecule has 0 radical (unpaired) electrons. The Labute approximate surface area is 129 Å². The number of nitrogens with one attached hydrogen (secondary N) is 1. The monoisotopic (exact) mass is 319 g/mol. The zero-order chi connectivity index (χ0) is 15.7. The minimum atomic E-state index is -0.355. The van der Waals surface area contributed by atoms with E-state index in [1.165, 1.54) is 23.0 Å². The molecule has 0 spiro atoms. The van der Waals surface area contributed by atoms with E-state index in [4.69, 9.17) is 9.47 Å². The number of hydrogen-bond acceptors (Lipinski definition) is 8. The van der Waals surface area contributed by atoms with E-state index in [1.54, 1.807) is 32.4 Å². The number of aromatic nitrogens is 4. The highest BCUT2D eigenvalue weighted by atomic mass is 32.1. The molecule has 0 aliphatic carbocycles. The summed E-state index contributed by atoms with van der Waals surface area (Å²) in [6.07, 6.45) is 0. The summed E-state index contributed by atoms with van der Waals surface area (Å²) in [7, 11) is 4.80. The van der Waals surface area contributed by atoms with Crippen LogP contribution in [0.2, 0.25) is 0 Å². The van der Waals surface area contributed by atoms with Crippen molar-refractivity contribution in [2.24, 2.45) is 0 Å². The van der Waals surface area contributed by atoms with Gasteiger partial charge in [0.1, 0.15) is 11.5 Å². The lowest BCUT2D eigenvalue weighted by Crippen LogP contribution is -2.19. The van der Waals surface area contributed by atoms with Crippen LogP contribution in [0.15, 0.2) is 23.0 Å². The van der Waals surface area contributed by atoms with Crippen LogP contribution in [-0.2, 0) is 0 Å². The molecule has 1 N–H and O–H groups in total. The van der Waals surface area contributed by atoms with Crippen LogP contribution in [0.5, 0.6) is 11.5 Å². The van der Waals surface area contributed by atoms with Gasteiger partial charge < -0.3 is 14.8 Å². The van der Waals surface area contributed by atoms with Crippen molar-refractivity contribution in [2.45, 2.75) is 0 Å². The molecule has 0 fully saturated rings. The van der Waals surface area contributed by atoms with Gasteiger partial charge in [0, 0.05) is 13.1 Å². The van der Waals surface area contributed by atoms with E-state index in [-0.39, 0.29) is 11.3 Å². The molecule has 114 valence electrons. The Hall–Kier alpha value is -2.68. The molecule has 0 amide bonds. The van der Waals surface area contributed by atoms with Gasteiger partial charge in [0.15, 0.2) is 5.69 Å². The Balaban J connectivity index is 2.22. The van der Waals surface area contributed by atoms with Crippen molar-refractivity contribution in [3.8, 4) is 22.8 Å². The maximum atomic E-state index is 12.6. The lowest BCUT2D eigenvalue weighted by atomic mass is 10.1. The molecule has 0 aliphatic rings. The van der Waals surface area contributed by atoms with Gasteiger partial charge >= 0.3 is 5.56 Å². The highest BCUT2D eigenvalue weighted by Crippen LogP contribution is 2.30. The highest BCUT2D eigenvalue weighted by molar-refractivity contribution is 7.20. The van der Waals surface area contributed by atoms with Gasteiger partial charge in [-0.3, -0.25) is 4.79 Å². The second kappa shape index (κ2) is 5.60. The van der Waals surface area contributed by atoms with E-state index < -0.39 is 0 Å². The summed E-state index contributed by atoms with van der Waals surface area (Å²) in [5.41, 5.74) is 0.352. The summed E-state index contributed by atoms with van der Waals surface area (Å²) in [6, 6.07) is 5.13. The molecule has 0 saturated carbocycles. The van der Waals surface area contributed by atoms with Gasteiger partial charge in [-0.2, -0.15) is 4.52 Å². The van der Waals surface area contributed by atoms with Gasteiger partial charge in [0.05, 0.1) is 19.8 Å². The van der Waals surface area contributed by atoms with Crippen molar-refractivity contribution in [1.82, 2.24) is 19.8 Å². The fourth-order valence-electron chi connectivity index (χ4n) is 1.98. The second-order valence-electron chi connectivity index (χ2n) is 4.27. The van der Waals surface area contributed by atoms with E-state index in [0.29, 0.717) is 27.2 Å². The zero-order valence-electron chi connectivity index (χ0n) is 12.2. The average molecular weight is 319 g/mol. The van der Waals surface area contributed by atoms with Crippen LogP contribution in [0.3, 0.4) is 0 Å². The number of benzene rings is 1. The SMILES string of the molecule is CNc1nn2c(=O)c(-c3ccc(OC)cc3OC)nnc2s1. The van der Waals surface area contributed by atoms with Crippen LogP contribution in [-0.4, -0.2) is 41.1 Å². The number of hydrogen-bond donors (Lipinski definition) is 1. The smallest absolute Gasteiger partial charge is 0.302 e. The molecule has 8 nitrogen and oxygen atoms in total. The molecule has 3 aromatic rings. The standard InChI is InChI=1S/C13H13N5O3S/c1-14-12-17-18-11(19)10(15-16-13(18)22-12)8-5-4-7(20-2)6-9(8)21-3/h4-6H,1-3H3,(H,14,17). The van der Waals surface area contributed by atoms with Crippen LogP contribution in [0.4, 0.5) is 5.13 Å². The van der Waals surface area contributed by atoms with Gasteiger partial charge in [-0.05, 0) is 12.1 Å². The molecule has 1 aromatic carbocycles. The first kappa shape index (κ1) is 14.3. The third-order valence-electron chi connectivity index (χ3n) is 3.07. The summed E-state index contributed by atoms with van der Waals surface area (Å²) in [4.78, 5) is 13.0. The number of nitrogens with zero attached hydrogens (tertiary/aromatic N) is 4. The fourth-order valence-corrected chi connectivity index (χ4v) is 2.67. The Bertz CT molecular complexity index is 889. The fraction of sp³-hybridized carbons (Fsp3) is 0.231. The zero-order valence-corrected chi connectivity index (χ0v) is 13.0. The lowest BCUT2D eigenvalue weighted by Gasteiger charge is -2.08. The van der Waals surface area contributed by atoms with Crippen LogP contribution in [0, 0.1) is 0 Å². The minimum absolute atomic E-state index is 0.171. The molecule has 3 rings (SSSR count). The molecule has 22 heavy (non-hydrogen) atoms. The van der Waals surface area contributed by atoms with Crippen molar-refractivity contribution < 1.29 is 9.47 Å². The van der Waals surface area contributed by atoms with Gasteiger partial charge in [-0.25, -0.2) is 0 Å². The maximum Gasteiger partial charge on any atom is 0.302 e. The first-order valence-corrected chi connectivity index (χ1v) is 7.16. The normalized spacial score (nSPS) is 10.7. The number of methoxy groups -OCH3 is 2. The van der Waals surface area contributed by atoms with Gasteiger partial charge in [-0.15, -0.1) is 15.3 Å². The molecule has 0 atom stereocenters. The van der Waals surface area contributed by atoms with Crippen molar-refractivity contribution in [2.75, 3.05) is 26.6 Å². The van der Waals surface area contributed by atoms with E-state index >= 15 is 0 Å². The van der Waals surface area contributed by atoms with E-state index in [9.17, 15) is 4.79 Å². The summed E-state index contributed by atoms with van der Waals surface area (Å²) in [5.74, 6) is 1.11. The first-order chi connectivity index (χ1) is 10.7.